The van der Waals surface area contributed by atoms with Crippen LogP contribution in [0.3, 0.4) is 0 Å². The van der Waals surface area contributed by atoms with Gasteiger partial charge in [-0.3, -0.25) is 9.69 Å². The number of hydrogen-bond donors (Lipinski definition) is 0. The van der Waals surface area contributed by atoms with E-state index in [4.69, 9.17) is 9.47 Å². The highest BCUT2D eigenvalue weighted by Gasteiger charge is 2.72. The number of benzene rings is 1. The number of likely N-dealkylation sites (N-methyl/N-ethyl adjacent to an activating group) is 1. The lowest BCUT2D eigenvalue weighted by Crippen LogP contribution is -2.75. The molecule has 1 aromatic carbocycles. The van der Waals surface area contributed by atoms with Crippen molar-refractivity contribution in [1.29, 1.82) is 0 Å². The van der Waals surface area contributed by atoms with E-state index in [-0.39, 0.29) is 11.7 Å². The van der Waals surface area contributed by atoms with Gasteiger partial charge in [0.05, 0.1) is 12.5 Å². The minimum atomic E-state index is -0.892. The highest BCUT2D eigenvalue weighted by Crippen LogP contribution is 2.69. The zero-order valence-corrected chi connectivity index (χ0v) is 17.5. The smallest absolute Gasteiger partial charge is 0.174 e. The first-order chi connectivity index (χ1) is 13.0. The van der Waals surface area contributed by atoms with Gasteiger partial charge in [-0.15, -0.1) is 0 Å². The maximum atomic E-state index is 13.2. The Bertz CT molecular complexity index is 908. The Kier molecular flexibility index (Phi) is 3.09. The molecule has 6 atom stereocenters. The summed E-state index contributed by atoms with van der Waals surface area (Å²) >= 11 is 0. The van der Waals surface area contributed by atoms with Crippen LogP contribution in [0.2, 0.25) is 0 Å². The standard InChI is InChI=1S/C23H31NO3/c1-11-10-14-12(2)18-15-8-9-16(25)21-23(15,13(3)22(4,5)24(18)6)17(14)20(27-21)19(11)26-7/h10,12-13,15,18,21H,8-9H2,1-7H3/t12?,13?,15-,18+,21-,23-/m0/s1/i13D. The highest BCUT2D eigenvalue weighted by molar-refractivity contribution is 5.89. The van der Waals surface area contributed by atoms with Crippen LogP contribution in [-0.4, -0.2) is 42.5 Å². The summed E-state index contributed by atoms with van der Waals surface area (Å²) in [5.41, 5.74) is 2.35. The van der Waals surface area contributed by atoms with Gasteiger partial charge < -0.3 is 9.47 Å². The molecule has 2 aliphatic carbocycles. The minimum absolute atomic E-state index is 0.144. The van der Waals surface area contributed by atoms with Crippen molar-refractivity contribution >= 4 is 5.78 Å². The summed E-state index contributed by atoms with van der Waals surface area (Å²) in [6.07, 6.45) is 0.786. The summed E-state index contributed by atoms with van der Waals surface area (Å²) in [5, 5.41) is 0. The summed E-state index contributed by atoms with van der Waals surface area (Å²) in [6, 6.07) is 2.51. The van der Waals surface area contributed by atoms with Crippen molar-refractivity contribution in [3.05, 3.63) is 22.8 Å². The number of ether oxygens (including phenoxy) is 2. The molecule has 1 spiro atoms. The molecule has 4 heteroatoms. The van der Waals surface area contributed by atoms with Crippen LogP contribution in [0.1, 0.15) is 64.5 Å². The van der Waals surface area contributed by atoms with E-state index in [1.807, 2.05) is 13.8 Å². The van der Waals surface area contributed by atoms with E-state index < -0.39 is 23.0 Å². The summed E-state index contributed by atoms with van der Waals surface area (Å²) in [6.45, 7) is 10.7. The van der Waals surface area contributed by atoms with Crippen LogP contribution in [0, 0.1) is 18.7 Å². The van der Waals surface area contributed by atoms with E-state index in [0.717, 1.165) is 29.0 Å². The van der Waals surface area contributed by atoms with Crippen molar-refractivity contribution in [2.75, 3.05) is 14.2 Å². The topological polar surface area (TPSA) is 38.8 Å². The minimum Gasteiger partial charge on any atom is -0.493 e. The molecule has 5 rings (SSSR count). The van der Waals surface area contributed by atoms with Gasteiger partial charge in [0.15, 0.2) is 23.4 Å². The molecule has 4 nitrogen and oxygen atoms in total. The first kappa shape index (κ1) is 16.4. The van der Waals surface area contributed by atoms with E-state index in [2.05, 4.69) is 38.8 Å². The number of methoxy groups -OCH3 is 1. The molecule has 2 bridgehead atoms. The Morgan fingerprint density at radius 3 is 2.74 bits per heavy atom. The zero-order valence-electron chi connectivity index (χ0n) is 18.5. The number of carbonyl (C=O) groups is 1. The van der Waals surface area contributed by atoms with E-state index >= 15 is 0 Å². The number of piperidine rings is 1. The van der Waals surface area contributed by atoms with Crippen molar-refractivity contribution in [1.82, 2.24) is 4.90 Å². The van der Waals surface area contributed by atoms with Crippen molar-refractivity contribution < 1.29 is 15.6 Å². The molecule has 2 aliphatic heterocycles. The number of carbonyl (C=O) groups excluding carboxylic acids is 1. The molecule has 1 saturated heterocycles. The van der Waals surface area contributed by atoms with Gasteiger partial charge >= 0.3 is 0 Å². The fourth-order valence-corrected chi connectivity index (χ4v) is 7.03. The van der Waals surface area contributed by atoms with Crippen molar-refractivity contribution in [3.63, 3.8) is 0 Å². The van der Waals surface area contributed by atoms with Crippen LogP contribution >= 0.6 is 0 Å². The van der Waals surface area contributed by atoms with Crippen molar-refractivity contribution in [3.8, 4) is 11.5 Å². The van der Waals surface area contributed by atoms with Crippen molar-refractivity contribution in [2.45, 2.75) is 76.5 Å². The summed E-state index contributed by atoms with van der Waals surface area (Å²) in [4.78, 5) is 15.6. The average molecular weight is 371 g/mol. The van der Waals surface area contributed by atoms with Gasteiger partial charge in [0.25, 0.3) is 0 Å². The molecule has 0 radical (unpaired) electrons. The molecular formula is C23H31NO3. The number of rotatable bonds is 1. The summed E-state index contributed by atoms with van der Waals surface area (Å²) in [5.74, 6) is 1.25. The summed E-state index contributed by atoms with van der Waals surface area (Å²) in [7, 11) is 3.84. The van der Waals surface area contributed by atoms with Gasteiger partial charge in [0.2, 0.25) is 0 Å². The van der Waals surface area contributed by atoms with Crippen LogP contribution in [-0.2, 0) is 10.2 Å². The van der Waals surface area contributed by atoms with Crippen LogP contribution in [0.15, 0.2) is 6.07 Å². The Morgan fingerprint density at radius 1 is 1.37 bits per heavy atom. The lowest BCUT2D eigenvalue weighted by Gasteiger charge is -2.67. The van der Waals surface area contributed by atoms with Crippen LogP contribution in [0.5, 0.6) is 11.5 Å². The zero-order chi connectivity index (χ0) is 20.4. The molecule has 4 aliphatic rings. The molecule has 2 heterocycles. The Balaban J connectivity index is 1.96. The number of likely N-dealkylation sites (tertiary alicyclic amines) is 1. The third kappa shape index (κ3) is 1.69. The molecule has 27 heavy (non-hydrogen) atoms. The quantitative estimate of drug-likeness (QED) is 0.753. The number of nitrogens with zero attached hydrogens (tertiary/aromatic N) is 1. The first-order valence-corrected chi connectivity index (χ1v) is 10.2. The predicted molar refractivity (Wildman–Crippen MR) is 105 cm³/mol. The number of hydrogen-bond acceptors (Lipinski definition) is 4. The lowest BCUT2D eigenvalue weighted by molar-refractivity contribution is -0.161. The van der Waals surface area contributed by atoms with Gasteiger partial charge in [-0.1, -0.05) is 19.9 Å². The summed E-state index contributed by atoms with van der Waals surface area (Å²) < 4.78 is 22.0. The maximum absolute atomic E-state index is 13.2. The normalized spacial score (nSPS) is 44.4. The molecule has 1 aromatic rings. The molecule has 146 valence electrons. The molecule has 0 N–H and O–H groups in total. The Morgan fingerprint density at radius 2 is 2.07 bits per heavy atom. The second-order valence-corrected chi connectivity index (χ2v) is 9.57. The second kappa shape index (κ2) is 5.08. The van der Waals surface area contributed by atoms with Gasteiger partial charge in [-0.25, -0.2) is 0 Å². The van der Waals surface area contributed by atoms with Gasteiger partial charge in [-0.2, -0.15) is 0 Å². The third-order valence-corrected chi connectivity index (χ3v) is 8.58. The van der Waals surface area contributed by atoms with Crippen LogP contribution < -0.4 is 9.47 Å². The highest BCUT2D eigenvalue weighted by atomic mass is 16.5. The van der Waals surface area contributed by atoms with E-state index in [9.17, 15) is 6.17 Å². The molecular weight excluding hydrogens is 338 g/mol. The largest absolute Gasteiger partial charge is 0.493 e. The van der Waals surface area contributed by atoms with Crippen LogP contribution in [0.25, 0.3) is 0 Å². The molecule has 0 amide bonds. The maximum Gasteiger partial charge on any atom is 0.174 e. The fourth-order valence-electron chi connectivity index (χ4n) is 7.03. The van der Waals surface area contributed by atoms with E-state index in [0.29, 0.717) is 18.4 Å². The molecule has 2 unspecified atom stereocenters. The van der Waals surface area contributed by atoms with Gasteiger partial charge in [0, 0.05) is 24.9 Å². The number of ketones is 1. The Labute approximate surface area is 163 Å². The Hall–Kier alpha value is -1.55. The van der Waals surface area contributed by atoms with Gasteiger partial charge in [-0.05, 0) is 63.1 Å². The molecule has 2 fully saturated rings. The third-order valence-electron chi connectivity index (χ3n) is 8.58. The lowest BCUT2D eigenvalue weighted by atomic mass is 9.43. The monoisotopic (exact) mass is 370 g/mol. The van der Waals surface area contributed by atoms with Crippen LogP contribution in [0.4, 0.5) is 0 Å². The molecule has 0 aromatic heterocycles. The second-order valence-electron chi connectivity index (χ2n) is 9.57. The number of Topliss-reactive ketones (excluding diaryl/α,β-unsaturated/α-hetero) is 1. The number of aryl methyl sites for hydroxylation is 1. The van der Waals surface area contributed by atoms with E-state index in [1.54, 1.807) is 7.11 Å². The van der Waals surface area contributed by atoms with Gasteiger partial charge in [0.1, 0.15) is 0 Å². The average Bonchev–Trinajstić information content (AvgIpc) is 2.99. The fraction of sp³-hybridized carbons (Fsp3) is 0.696. The van der Waals surface area contributed by atoms with E-state index in [1.165, 1.54) is 5.56 Å². The van der Waals surface area contributed by atoms with Crippen molar-refractivity contribution in [2.24, 2.45) is 11.8 Å². The predicted octanol–water partition coefficient (Wildman–Crippen LogP) is 3.83. The molecule has 1 saturated carbocycles. The first-order valence-electron chi connectivity index (χ1n) is 10.7. The SMILES string of the molecule is [2H]C1(C)C(C)(C)N(C)[C@@H]2C(C)c3cc(C)c(OC)c4c3[C@]13[C@@H](O4)C(=O)CC[C@@H]23.